The first-order valence-corrected chi connectivity index (χ1v) is 13.7. The van der Waals surface area contributed by atoms with Crippen LogP contribution < -0.4 is 20.7 Å². The van der Waals surface area contributed by atoms with Crippen LogP contribution >= 0.6 is 0 Å². The number of amides is 2. The highest BCUT2D eigenvalue weighted by molar-refractivity contribution is 5.94. The molecular weight excluding hydrogens is 488 g/mol. The number of carbonyl (C=O) groups excluding carboxylic acids is 2. The molecule has 0 bridgehead atoms. The summed E-state index contributed by atoms with van der Waals surface area (Å²) in [6.45, 7) is 9.12. The van der Waals surface area contributed by atoms with E-state index in [0.717, 1.165) is 48.1 Å². The molecule has 2 amide bonds. The summed E-state index contributed by atoms with van der Waals surface area (Å²) in [6, 6.07) is 19.3. The number of hydrogen-bond donors (Lipinski definition) is 3. The van der Waals surface area contributed by atoms with Crippen LogP contribution in [0.15, 0.2) is 66.9 Å². The van der Waals surface area contributed by atoms with E-state index in [1.54, 1.807) is 6.20 Å². The average molecular weight is 527 g/mol. The molecule has 7 heteroatoms. The molecule has 0 radical (unpaired) electrons. The van der Waals surface area contributed by atoms with Gasteiger partial charge in [-0.05, 0) is 101 Å². The Morgan fingerprint density at radius 1 is 0.949 bits per heavy atom. The minimum Gasteiger partial charge on any atom is -0.489 e. The molecule has 2 aliphatic rings. The van der Waals surface area contributed by atoms with Crippen LogP contribution in [0.2, 0.25) is 0 Å². The topological polar surface area (TPSA) is 92.4 Å². The molecule has 1 aliphatic heterocycles. The van der Waals surface area contributed by atoms with Gasteiger partial charge in [-0.2, -0.15) is 0 Å². The Bertz CT molecular complexity index is 1310. The van der Waals surface area contributed by atoms with Gasteiger partial charge in [-0.25, -0.2) is 4.98 Å². The highest BCUT2D eigenvalue weighted by atomic mass is 16.5. The van der Waals surface area contributed by atoms with E-state index in [0.29, 0.717) is 18.0 Å². The molecule has 2 heterocycles. The van der Waals surface area contributed by atoms with Crippen molar-refractivity contribution in [3.63, 3.8) is 0 Å². The van der Waals surface area contributed by atoms with Gasteiger partial charge in [0.25, 0.3) is 5.91 Å². The number of rotatable bonds is 8. The maximum absolute atomic E-state index is 12.9. The van der Waals surface area contributed by atoms with Crippen LogP contribution in [-0.2, 0) is 11.4 Å². The van der Waals surface area contributed by atoms with Crippen molar-refractivity contribution in [2.45, 2.75) is 77.1 Å². The zero-order valence-electron chi connectivity index (χ0n) is 23.2. The van der Waals surface area contributed by atoms with Gasteiger partial charge in [-0.1, -0.05) is 24.3 Å². The van der Waals surface area contributed by atoms with Crippen molar-refractivity contribution in [3.8, 4) is 16.9 Å². The molecule has 204 valence electrons. The third-order valence-electron chi connectivity index (χ3n) is 7.28. The largest absolute Gasteiger partial charge is 0.489 e. The molecule has 1 saturated carbocycles. The average Bonchev–Trinajstić information content (AvgIpc) is 3.72. The van der Waals surface area contributed by atoms with E-state index < -0.39 is 0 Å². The summed E-state index contributed by atoms with van der Waals surface area (Å²) >= 11 is 0. The van der Waals surface area contributed by atoms with Gasteiger partial charge in [0.15, 0.2) is 0 Å². The van der Waals surface area contributed by atoms with Crippen molar-refractivity contribution >= 4 is 17.6 Å². The molecule has 39 heavy (non-hydrogen) atoms. The van der Waals surface area contributed by atoms with Crippen LogP contribution in [0.1, 0.15) is 69.3 Å². The zero-order chi connectivity index (χ0) is 27.6. The number of nitrogens with zero attached hydrogens (tertiary/aromatic N) is 1. The number of aromatic nitrogens is 1. The lowest BCUT2D eigenvalue weighted by Gasteiger charge is -2.46. The lowest BCUT2D eigenvalue weighted by Crippen LogP contribution is -2.62. The summed E-state index contributed by atoms with van der Waals surface area (Å²) < 4.78 is 6.05. The van der Waals surface area contributed by atoms with Crippen LogP contribution in [0.5, 0.6) is 5.75 Å². The van der Waals surface area contributed by atoms with Crippen LogP contribution in [0.4, 0.5) is 5.82 Å². The number of carbonyl (C=O) groups is 2. The summed E-state index contributed by atoms with van der Waals surface area (Å²) in [4.78, 5) is 29.3. The van der Waals surface area contributed by atoms with E-state index in [1.807, 2.05) is 60.7 Å². The fraction of sp³-hybridized carbons (Fsp3) is 0.406. The van der Waals surface area contributed by atoms with Crippen LogP contribution in [0.3, 0.4) is 0 Å². The minimum atomic E-state index is -0.0413. The first kappa shape index (κ1) is 26.9. The summed E-state index contributed by atoms with van der Waals surface area (Å²) in [5.74, 6) is 1.48. The number of benzene rings is 2. The van der Waals surface area contributed by atoms with Gasteiger partial charge in [-0.3, -0.25) is 9.59 Å². The first-order valence-electron chi connectivity index (χ1n) is 13.7. The monoisotopic (exact) mass is 526 g/mol. The highest BCUT2D eigenvalue weighted by Crippen LogP contribution is 2.31. The van der Waals surface area contributed by atoms with Crippen molar-refractivity contribution in [2.24, 2.45) is 5.92 Å². The van der Waals surface area contributed by atoms with Gasteiger partial charge in [-0.15, -0.1) is 0 Å². The van der Waals surface area contributed by atoms with Crippen molar-refractivity contribution in [1.82, 2.24) is 15.6 Å². The van der Waals surface area contributed by atoms with Crippen molar-refractivity contribution < 1.29 is 14.3 Å². The highest BCUT2D eigenvalue weighted by Gasteiger charge is 2.38. The van der Waals surface area contributed by atoms with Crippen LogP contribution in [0.25, 0.3) is 11.1 Å². The Hall–Kier alpha value is -3.71. The summed E-state index contributed by atoms with van der Waals surface area (Å²) in [6.07, 6.45) is 5.48. The first-order chi connectivity index (χ1) is 18.6. The Kier molecular flexibility index (Phi) is 7.45. The quantitative estimate of drug-likeness (QED) is 0.349. The predicted octanol–water partition coefficient (Wildman–Crippen LogP) is 5.72. The lowest BCUT2D eigenvalue weighted by atomic mass is 9.79. The Balaban J connectivity index is 1.15. The number of ether oxygens (including phenoxy) is 1. The number of nitrogens with one attached hydrogen (secondary N) is 3. The molecule has 3 N–H and O–H groups in total. The molecule has 1 aromatic heterocycles. The third kappa shape index (κ3) is 7.24. The van der Waals surface area contributed by atoms with Crippen molar-refractivity contribution in [2.75, 3.05) is 5.32 Å². The van der Waals surface area contributed by atoms with Crippen LogP contribution in [0, 0.1) is 5.92 Å². The molecule has 1 saturated heterocycles. The Labute approximate surface area is 230 Å². The SMILES string of the molecule is CC1(C)CC(NC(=O)c2ccc(COc3cccc(-c4ccc(NC(=O)C5CC5)nc4)c3)cc2)CC(C)(C)N1. The number of pyridine rings is 1. The smallest absolute Gasteiger partial charge is 0.251 e. The molecule has 2 fully saturated rings. The Morgan fingerprint density at radius 3 is 2.31 bits per heavy atom. The maximum atomic E-state index is 12.9. The van der Waals surface area contributed by atoms with Crippen molar-refractivity contribution in [3.05, 3.63) is 78.0 Å². The second-order valence-electron chi connectivity index (χ2n) is 12.2. The molecule has 0 atom stereocenters. The number of anilines is 1. The molecule has 7 nitrogen and oxygen atoms in total. The van der Waals surface area contributed by atoms with Gasteiger partial charge < -0.3 is 20.7 Å². The predicted molar refractivity (Wildman–Crippen MR) is 154 cm³/mol. The summed E-state index contributed by atoms with van der Waals surface area (Å²) in [5, 5.41) is 9.75. The molecule has 2 aromatic carbocycles. The van der Waals surface area contributed by atoms with E-state index in [1.165, 1.54) is 0 Å². The van der Waals surface area contributed by atoms with Gasteiger partial charge >= 0.3 is 0 Å². The second kappa shape index (κ2) is 10.8. The standard InChI is InChI=1S/C32H38N4O3/c1-31(2)17-26(18-32(3,4)36-31)34-29(37)22-10-8-21(9-11-22)20-39-27-7-5-6-24(16-27)25-14-15-28(33-19-25)35-30(38)23-12-13-23/h5-11,14-16,19,23,26,36H,12-13,17-18,20H2,1-4H3,(H,34,37)(H,33,35,38). The molecule has 1 aliphatic carbocycles. The van der Waals surface area contributed by atoms with Gasteiger partial charge in [0, 0.05) is 40.4 Å². The summed E-state index contributed by atoms with van der Waals surface area (Å²) in [7, 11) is 0. The molecule has 3 aromatic rings. The third-order valence-corrected chi connectivity index (χ3v) is 7.28. The lowest BCUT2D eigenvalue weighted by molar-refractivity contribution is -0.117. The van der Waals surface area contributed by atoms with E-state index in [2.05, 4.69) is 48.6 Å². The molecular formula is C32H38N4O3. The molecule has 5 rings (SSSR count). The summed E-state index contributed by atoms with van der Waals surface area (Å²) in [5.41, 5.74) is 3.52. The van der Waals surface area contributed by atoms with E-state index in [4.69, 9.17) is 4.74 Å². The fourth-order valence-corrected chi connectivity index (χ4v) is 5.59. The van der Waals surface area contributed by atoms with E-state index in [9.17, 15) is 9.59 Å². The van der Waals surface area contributed by atoms with Crippen LogP contribution in [-0.4, -0.2) is 33.9 Å². The molecule has 0 unspecified atom stereocenters. The second-order valence-corrected chi connectivity index (χ2v) is 12.2. The van der Waals surface area contributed by atoms with Crippen molar-refractivity contribution in [1.29, 1.82) is 0 Å². The normalized spacial score (nSPS) is 18.3. The number of hydrogen-bond acceptors (Lipinski definition) is 5. The minimum absolute atomic E-state index is 0.0225. The van der Waals surface area contributed by atoms with Gasteiger partial charge in [0.05, 0.1) is 0 Å². The Morgan fingerprint density at radius 2 is 1.67 bits per heavy atom. The van der Waals surface area contributed by atoms with E-state index >= 15 is 0 Å². The molecule has 0 spiro atoms. The van der Waals surface area contributed by atoms with Gasteiger partial charge in [0.2, 0.25) is 5.91 Å². The number of piperidine rings is 1. The van der Waals surface area contributed by atoms with E-state index in [-0.39, 0.29) is 34.9 Å². The maximum Gasteiger partial charge on any atom is 0.251 e. The zero-order valence-corrected chi connectivity index (χ0v) is 23.2. The fourth-order valence-electron chi connectivity index (χ4n) is 5.59. The van der Waals surface area contributed by atoms with Gasteiger partial charge in [0.1, 0.15) is 18.2 Å².